The smallest absolute Gasteiger partial charge is 0.211 e. The van der Waals surface area contributed by atoms with Crippen LogP contribution in [0.5, 0.6) is 0 Å². The Hall–Kier alpha value is -2.86. The van der Waals surface area contributed by atoms with Gasteiger partial charge in [-0.2, -0.15) is 0 Å². The van der Waals surface area contributed by atoms with E-state index in [1.807, 2.05) is 30.3 Å². The van der Waals surface area contributed by atoms with Crippen molar-refractivity contribution in [3.63, 3.8) is 0 Å². The van der Waals surface area contributed by atoms with Crippen molar-refractivity contribution in [3.05, 3.63) is 126 Å². The van der Waals surface area contributed by atoms with Crippen LogP contribution in [-0.2, 0) is 25.7 Å². The maximum Gasteiger partial charge on any atom is 0.211 e. The second-order valence-corrected chi connectivity index (χ2v) is 10.2. The minimum Gasteiger partial charge on any atom is -0.287 e. The van der Waals surface area contributed by atoms with Gasteiger partial charge in [-0.05, 0) is 112 Å². The van der Waals surface area contributed by atoms with Gasteiger partial charge in [-0.25, -0.2) is 0 Å². The predicted molar refractivity (Wildman–Crippen MR) is 141 cm³/mol. The van der Waals surface area contributed by atoms with Crippen molar-refractivity contribution in [2.24, 2.45) is 0 Å². The summed E-state index contributed by atoms with van der Waals surface area (Å²) >= 11 is 15.3. The van der Waals surface area contributed by atoms with Crippen molar-refractivity contribution < 1.29 is 9.59 Å². The average Bonchev–Trinajstić information content (AvgIpc) is 3.08. The van der Waals surface area contributed by atoms with E-state index >= 15 is 0 Å². The van der Waals surface area contributed by atoms with Crippen LogP contribution in [0.15, 0.2) is 71.5 Å². The van der Waals surface area contributed by atoms with Crippen LogP contribution in [0, 0.1) is 0 Å². The summed E-state index contributed by atoms with van der Waals surface area (Å²) < 4.78 is 0.901. The summed E-state index contributed by atoms with van der Waals surface area (Å²) in [5.41, 5.74) is 6.60. The Morgan fingerprint density at radius 1 is 0.657 bits per heavy atom. The highest BCUT2D eigenvalue weighted by molar-refractivity contribution is 9.10. The standard InChI is InChI=1S/C14H9BrClNO.C14H10ClNO/c15-10-5-9-2-1-8-6-11(16)3-4-12(8)14(18)13(9)17-7-10;15-11-5-6-12-10(8-11)4-3-9-2-1-7-16-13(9)14(12)17/h3-7H,1-2H2;1-2,5-8H,3-4H2. The molecule has 0 atom stereocenters. The summed E-state index contributed by atoms with van der Waals surface area (Å²) in [6.45, 7) is 0. The van der Waals surface area contributed by atoms with Gasteiger partial charge >= 0.3 is 0 Å². The third kappa shape index (κ3) is 4.94. The molecule has 6 rings (SSSR count). The quantitative estimate of drug-likeness (QED) is 0.233. The number of carbonyl (C=O) groups is 2. The summed E-state index contributed by atoms with van der Waals surface area (Å²) in [7, 11) is 0. The third-order valence-electron chi connectivity index (χ3n) is 6.21. The Bertz CT molecular complexity index is 1430. The van der Waals surface area contributed by atoms with Crippen molar-refractivity contribution in [1.29, 1.82) is 0 Å². The first-order valence-corrected chi connectivity index (χ1v) is 12.7. The topological polar surface area (TPSA) is 59.9 Å². The minimum atomic E-state index is -0.0123. The lowest BCUT2D eigenvalue weighted by Gasteiger charge is -2.04. The van der Waals surface area contributed by atoms with Crippen molar-refractivity contribution in [2.45, 2.75) is 25.7 Å². The lowest BCUT2D eigenvalue weighted by atomic mass is 10.0. The lowest BCUT2D eigenvalue weighted by Crippen LogP contribution is -2.06. The molecule has 0 N–H and O–H groups in total. The van der Waals surface area contributed by atoms with E-state index in [9.17, 15) is 9.59 Å². The lowest BCUT2D eigenvalue weighted by molar-refractivity contribution is 0.102. The van der Waals surface area contributed by atoms with Crippen LogP contribution in [0.3, 0.4) is 0 Å². The van der Waals surface area contributed by atoms with E-state index in [2.05, 4.69) is 25.9 Å². The number of aromatic nitrogens is 2. The Labute approximate surface area is 221 Å². The molecule has 0 saturated heterocycles. The molecule has 174 valence electrons. The largest absolute Gasteiger partial charge is 0.287 e. The van der Waals surface area contributed by atoms with Gasteiger partial charge in [0.25, 0.3) is 0 Å². The molecule has 35 heavy (non-hydrogen) atoms. The molecule has 0 aliphatic heterocycles. The first-order chi connectivity index (χ1) is 16.9. The summed E-state index contributed by atoms with van der Waals surface area (Å²) in [5.74, 6) is -0.00793. The van der Waals surface area contributed by atoms with Crippen molar-refractivity contribution in [2.75, 3.05) is 0 Å². The van der Waals surface area contributed by atoms with Gasteiger partial charge in [-0.1, -0.05) is 29.3 Å². The van der Waals surface area contributed by atoms with E-state index in [1.54, 1.807) is 36.7 Å². The number of hydrogen-bond donors (Lipinski definition) is 0. The number of pyridine rings is 2. The van der Waals surface area contributed by atoms with E-state index in [0.717, 1.165) is 58.0 Å². The van der Waals surface area contributed by atoms with Gasteiger partial charge in [0.1, 0.15) is 11.4 Å². The van der Waals surface area contributed by atoms with Gasteiger partial charge in [-0.15, -0.1) is 0 Å². The Morgan fingerprint density at radius 3 is 1.83 bits per heavy atom. The number of rotatable bonds is 0. The summed E-state index contributed by atoms with van der Waals surface area (Å²) in [6.07, 6.45) is 6.62. The molecule has 2 aliphatic carbocycles. The highest BCUT2D eigenvalue weighted by Crippen LogP contribution is 2.27. The zero-order valence-corrected chi connectivity index (χ0v) is 21.6. The van der Waals surface area contributed by atoms with Crippen LogP contribution >= 0.6 is 39.1 Å². The van der Waals surface area contributed by atoms with Crippen LogP contribution in [-0.4, -0.2) is 21.5 Å². The van der Waals surface area contributed by atoms with Crippen LogP contribution in [0.1, 0.15) is 54.4 Å². The summed E-state index contributed by atoms with van der Waals surface area (Å²) in [4.78, 5) is 33.2. The number of nitrogens with zero attached hydrogens (tertiary/aromatic N) is 2. The molecule has 0 unspecified atom stereocenters. The second-order valence-electron chi connectivity index (χ2n) is 8.43. The molecule has 0 saturated carbocycles. The SMILES string of the molecule is O=C1c2ccc(Cl)cc2CCc2cc(Br)cnc21.O=C1c2ccc(Cl)cc2CCc2cccnc21. The highest BCUT2D eigenvalue weighted by Gasteiger charge is 2.23. The van der Waals surface area contributed by atoms with Crippen LogP contribution in [0.2, 0.25) is 10.0 Å². The molecule has 2 aromatic carbocycles. The van der Waals surface area contributed by atoms with E-state index in [0.29, 0.717) is 27.0 Å². The molecule has 0 amide bonds. The minimum absolute atomic E-state index is 0.00441. The average molecular weight is 566 g/mol. The molecule has 2 heterocycles. The molecule has 0 bridgehead atoms. The molecule has 4 aromatic rings. The number of carbonyl (C=O) groups excluding carboxylic acids is 2. The molecule has 2 aromatic heterocycles. The van der Waals surface area contributed by atoms with E-state index in [-0.39, 0.29) is 11.6 Å². The van der Waals surface area contributed by atoms with Gasteiger partial charge in [-0.3, -0.25) is 19.6 Å². The summed E-state index contributed by atoms with van der Waals surface area (Å²) in [5, 5.41) is 1.34. The van der Waals surface area contributed by atoms with Gasteiger partial charge in [0, 0.05) is 38.0 Å². The Balaban J connectivity index is 0.000000145. The normalized spacial score (nSPS) is 13.8. The number of aryl methyl sites for hydroxylation is 4. The molecular weight excluding hydrogens is 547 g/mol. The monoisotopic (exact) mass is 564 g/mol. The van der Waals surface area contributed by atoms with Crippen LogP contribution in [0.25, 0.3) is 0 Å². The van der Waals surface area contributed by atoms with Crippen LogP contribution < -0.4 is 0 Å². The Morgan fingerprint density at radius 2 is 1.20 bits per heavy atom. The fourth-order valence-electron chi connectivity index (χ4n) is 4.50. The van der Waals surface area contributed by atoms with Gasteiger partial charge in [0.2, 0.25) is 11.6 Å². The molecule has 4 nitrogen and oxygen atoms in total. The fourth-order valence-corrected chi connectivity index (χ4v) is 5.26. The van der Waals surface area contributed by atoms with Gasteiger partial charge < -0.3 is 0 Å². The molecular formula is C28H19BrCl2N2O2. The molecule has 7 heteroatoms. The zero-order chi connectivity index (χ0) is 24.5. The number of benzene rings is 2. The number of ketones is 2. The van der Waals surface area contributed by atoms with Crippen molar-refractivity contribution >= 4 is 50.7 Å². The first-order valence-electron chi connectivity index (χ1n) is 11.2. The Kier molecular flexibility index (Phi) is 6.83. The maximum absolute atomic E-state index is 12.4. The van der Waals surface area contributed by atoms with Gasteiger partial charge in [0.05, 0.1) is 0 Å². The maximum atomic E-state index is 12.4. The predicted octanol–water partition coefficient (Wildman–Crippen LogP) is 6.89. The number of halogens is 3. The fraction of sp³-hybridized carbons (Fsp3) is 0.143. The molecule has 0 fully saturated rings. The van der Waals surface area contributed by atoms with Gasteiger partial charge in [0.15, 0.2) is 0 Å². The summed E-state index contributed by atoms with van der Waals surface area (Å²) in [6, 6.07) is 16.6. The third-order valence-corrected chi connectivity index (χ3v) is 7.11. The van der Waals surface area contributed by atoms with Crippen molar-refractivity contribution in [1.82, 2.24) is 9.97 Å². The molecule has 0 spiro atoms. The van der Waals surface area contributed by atoms with Crippen molar-refractivity contribution in [3.8, 4) is 0 Å². The number of hydrogen-bond acceptors (Lipinski definition) is 4. The van der Waals surface area contributed by atoms with E-state index < -0.39 is 0 Å². The van der Waals surface area contributed by atoms with E-state index in [4.69, 9.17) is 23.2 Å². The van der Waals surface area contributed by atoms with Crippen LogP contribution in [0.4, 0.5) is 0 Å². The first kappa shape index (κ1) is 23.9. The second kappa shape index (κ2) is 10.0. The molecule has 0 radical (unpaired) electrons. The highest BCUT2D eigenvalue weighted by atomic mass is 79.9. The number of fused-ring (bicyclic) bond motifs is 4. The zero-order valence-electron chi connectivity index (χ0n) is 18.5. The molecule has 2 aliphatic rings. The van der Waals surface area contributed by atoms with E-state index in [1.165, 1.54) is 0 Å².